The number of carbonyl (C=O) groups excluding carboxylic acids is 3. The van der Waals surface area contributed by atoms with Crippen molar-refractivity contribution in [3.8, 4) is 0 Å². The molecule has 3 heterocycles. The van der Waals surface area contributed by atoms with Crippen LogP contribution < -0.4 is 10.6 Å². The van der Waals surface area contributed by atoms with Crippen LogP contribution >= 0.6 is 34.7 Å². The van der Waals surface area contributed by atoms with Crippen molar-refractivity contribution >= 4 is 63.3 Å². The summed E-state index contributed by atoms with van der Waals surface area (Å²) in [5.74, 6) is -2.15. The summed E-state index contributed by atoms with van der Waals surface area (Å²) in [4.78, 5) is 52.2. The third-order valence-electron chi connectivity index (χ3n) is 10.2. The van der Waals surface area contributed by atoms with E-state index in [2.05, 4.69) is 25.6 Å². The Morgan fingerprint density at radius 2 is 1.33 bits per heavy atom. The molecule has 15 heteroatoms. The van der Waals surface area contributed by atoms with Gasteiger partial charge in [-0.15, -0.1) is 34.7 Å². The van der Waals surface area contributed by atoms with Gasteiger partial charge >= 0.3 is 12.6 Å². The second kappa shape index (κ2) is 18.5. The Morgan fingerprint density at radius 1 is 0.820 bits per heavy atom. The average molecular weight is 876 g/mol. The Labute approximate surface area is 363 Å². The van der Waals surface area contributed by atoms with Crippen LogP contribution in [0.3, 0.4) is 0 Å². The third kappa shape index (κ3) is 8.51. The first kappa shape index (κ1) is 41.4. The van der Waals surface area contributed by atoms with Crippen LogP contribution in [0.2, 0.25) is 0 Å². The van der Waals surface area contributed by atoms with E-state index in [9.17, 15) is 23.2 Å². The highest BCUT2D eigenvalue weighted by Gasteiger charge is 2.55. The highest BCUT2D eigenvalue weighted by Crippen LogP contribution is 2.43. The molecule has 0 spiro atoms. The summed E-state index contributed by atoms with van der Waals surface area (Å²) in [6.45, 7) is -3.35. The lowest BCUT2D eigenvalue weighted by molar-refractivity contribution is -0.154. The molecule has 0 aliphatic carbocycles. The number of amides is 2. The number of thioether (sulfide) groups is 1. The molecule has 1 saturated heterocycles. The number of fused-ring (bicyclic) bond motifs is 1. The third-order valence-corrected chi connectivity index (χ3v) is 12.6. The van der Waals surface area contributed by atoms with Crippen molar-refractivity contribution in [1.82, 2.24) is 15.2 Å². The van der Waals surface area contributed by atoms with Gasteiger partial charge in [-0.05, 0) is 33.4 Å². The number of aromatic nitrogens is 1. The van der Waals surface area contributed by atoms with Crippen molar-refractivity contribution < 1.29 is 32.7 Å². The minimum atomic E-state index is -3.35. The minimum absolute atomic E-state index is 0.00464. The number of benzene rings is 5. The SMILES string of the molecule is O=C(NC1C(=O)N2C(C(=O)OC(c3ccccc3)c3ccccc3)=C(CCl)CS[C@H]12)C(=NOC(F)F)c1csc(NC(c2ccccc2)(c2ccccc2)c2ccccc2)n1. The number of ether oxygens (including phenoxy) is 1. The van der Waals surface area contributed by atoms with Gasteiger partial charge in [0.05, 0.1) is 0 Å². The van der Waals surface area contributed by atoms with Crippen LogP contribution in [0.1, 0.15) is 39.6 Å². The van der Waals surface area contributed by atoms with Gasteiger partial charge in [-0.25, -0.2) is 9.78 Å². The first-order chi connectivity index (χ1) is 29.8. The number of β-lactam (4-membered cyclic amide) rings is 1. The van der Waals surface area contributed by atoms with Crippen molar-refractivity contribution in [2.75, 3.05) is 16.9 Å². The van der Waals surface area contributed by atoms with Gasteiger partial charge in [-0.1, -0.05) is 157 Å². The van der Waals surface area contributed by atoms with E-state index >= 15 is 0 Å². The fraction of sp³-hybridized carbons (Fsp3) is 0.152. The number of rotatable bonds is 15. The molecule has 10 nitrogen and oxygen atoms in total. The topological polar surface area (TPSA) is 122 Å². The van der Waals surface area contributed by atoms with Crippen molar-refractivity contribution in [3.63, 3.8) is 0 Å². The van der Waals surface area contributed by atoms with E-state index in [4.69, 9.17) is 16.3 Å². The Bertz CT molecular complexity index is 2420. The number of esters is 1. The number of thiazole rings is 1. The number of nitrogens with zero attached hydrogens (tertiary/aromatic N) is 3. The Hall–Kier alpha value is -6.35. The molecule has 2 amide bonds. The summed E-state index contributed by atoms with van der Waals surface area (Å²) in [7, 11) is 0. The molecular weight excluding hydrogens is 840 g/mol. The number of hydrogen-bond donors (Lipinski definition) is 2. The molecular formula is C46H36ClF2N5O5S2. The normalized spacial score (nSPS) is 16.5. The zero-order valence-corrected chi connectivity index (χ0v) is 34.5. The van der Waals surface area contributed by atoms with Crippen molar-refractivity contribution in [2.24, 2.45) is 5.16 Å². The van der Waals surface area contributed by atoms with E-state index in [-0.39, 0.29) is 23.0 Å². The van der Waals surface area contributed by atoms with E-state index < -0.39 is 53.2 Å². The van der Waals surface area contributed by atoms with Crippen LogP contribution in [-0.2, 0) is 29.5 Å². The summed E-state index contributed by atoms with van der Waals surface area (Å²) in [5, 5.41) is 10.8. The van der Waals surface area contributed by atoms with Gasteiger partial charge in [-0.2, -0.15) is 8.78 Å². The molecule has 0 radical (unpaired) electrons. The monoisotopic (exact) mass is 875 g/mol. The maximum absolute atomic E-state index is 14.1. The fourth-order valence-corrected chi connectivity index (χ4v) is 9.84. The Kier molecular flexibility index (Phi) is 12.6. The number of anilines is 1. The minimum Gasteiger partial charge on any atom is -0.448 e. The van der Waals surface area contributed by atoms with Crippen LogP contribution in [0.15, 0.2) is 173 Å². The summed E-state index contributed by atoms with van der Waals surface area (Å²) in [6, 6.07) is 46.5. The second-order valence-corrected chi connectivity index (χ2v) is 16.1. The first-order valence-electron chi connectivity index (χ1n) is 19.1. The lowest BCUT2D eigenvalue weighted by Gasteiger charge is -2.49. The Morgan fingerprint density at radius 3 is 1.82 bits per heavy atom. The maximum Gasteiger partial charge on any atom is 0.407 e. The number of alkyl halides is 3. The van der Waals surface area contributed by atoms with E-state index in [1.807, 2.05) is 152 Å². The lowest BCUT2D eigenvalue weighted by atomic mass is 9.77. The van der Waals surface area contributed by atoms with Crippen molar-refractivity contribution in [3.05, 3.63) is 202 Å². The molecule has 5 aromatic carbocycles. The molecule has 1 aromatic heterocycles. The van der Waals surface area contributed by atoms with E-state index in [0.717, 1.165) is 39.2 Å². The largest absolute Gasteiger partial charge is 0.448 e. The summed E-state index contributed by atoms with van der Waals surface area (Å²) in [6.07, 6.45) is -0.789. The van der Waals surface area contributed by atoms with Crippen LogP contribution in [0.5, 0.6) is 0 Å². The molecule has 308 valence electrons. The van der Waals surface area contributed by atoms with Crippen molar-refractivity contribution in [1.29, 1.82) is 0 Å². The maximum atomic E-state index is 14.1. The molecule has 1 fully saturated rings. The zero-order valence-electron chi connectivity index (χ0n) is 32.1. The van der Waals surface area contributed by atoms with Crippen molar-refractivity contribution in [2.45, 2.75) is 29.7 Å². The van der Waals surface area contributed by atoms with Crippen LogP contribution in [0, 0.1) is 0 Å². The number of hydrogen-bond acceptors (Lipinski definition) is 10. The first-order valence-corrected chi connectivity index (χ1v) is 21.5. The van der Waals surface area contributed by atoms with Gasteiger partial charge in [0, 0.05) is 17.0 Å². The lowest BCUT2D eigenvalue weighted by Crippen LogP contribution is -2.71. The molecule has 61 heavy (non-hydrogen) atoms. The van der Waals surface area contributed by atoms with Crippen LogP contribution in [-0.4, -0.2) is 63.0 Å². The summed E-state index contributed by atoms with van der Waals surface area (Å²) in [5.41, 5.74) is 2.96. The van der Waals surface area contributed by atoms with Gasteiger partial charge in [0.15, 0.2) is 16.9 Å². The van der Waals surface area contributed by atoms with Crippen LogP contribution in [0.4, 0.5) is 13.9 Å². The predicted molar refractivity (Wildman–Crippen MR) is 232 cm³/mol. The summed E-state index contributed by atoms with van der Waals surface area (Å²) >= 11 is 8.74. The molecule has 2 aliphatic heterocycles. The molecule has 2 N–H and O–H groups in total. The van der Waals surface area contributed by atoms with Gasteiger partial charge in [0.2, 0.25) is 0 Å². The van der Waals surface area contributed by atoms with Gasteiger partial charge in [0.1, 0.15) is 28.3 Å². The smallest absolute Gasteiger partial charge is 0.407 e. The quantitative estimate of drug-likeness (QED) is 0.0263. The van der Waals surface area contributed by atoms with E-state index in [1.165, 1.54) is 22.0 Å². The molecule has 6 aromatic rings. The molecule has 0 bridgehead atoms. The number of halogens is 3. The number of oxime groups is 1. The molecule has 2 aliphatic rings. The molecule has 1 unspecified atom stereocenters. The van der Waals surface area contributed by atoms with Crippen LogP contribution in [0.25, 0.3) is 0 Å². The van der Waals surface area contributed by atoms with Gasteiger partial charge in [-0.3, -0.25) is 14.5 Å². The predicted octanol–water partition coefficient (Wildman–Crippen LogP) is 8.72. The highest BCUT2D eigenvalue weighted by atomic mass is 35.5. The van der Waals surface area contributed by atoms with Gasteiger partial charge in [0.25, 0.3) is 11.8 Å². The molecule has 0 saturated carbocycles. The average Bonchev–Trinajstić information content (AvgIpc) is 3.77. The number of carbonyl (C=O) groups is 3. The van der Waals surface area contributed by atoms with E-state index in [0.29, 0.717) is 10.7 Å². The second-order valence-electron chi connectivity index (χ2n) is 13.9. The molecule has 8 rings (SSSR count). The van der Waals surface area contributed by atoms with Gasteiger partial charge < -0.3 is 20.2 Å². The fourth-order valence-electron chi connectivity index (χ4n) is 7.41. The standard InChI is InChI=1S/C46H36ClF2N5O5S2/c47-26-31-27-60-42-37(41(56)54(42)38(31)43(57)58-39(29-16-6-1-7-17-29)30-18-8-2-9-19-30)51-40(55)36(53-59-44(48)49)35-28-61-45(50-35)52-46(32-20-10-3-11-21-32,33-22-12-4-13-23-33)34-24-14-5-15-25-34/h1-25,28,37,39,42,44H,26-27H2,(H,50,52)(H,51,55)/t37?,42-/m1/s1. The zero-order chi connectivity index (χ0) is 42.3. The van der Waals surface area contributed by atoms with E-state index in [1.54, 1.807) is 0 Å². The Balaban J connectivity index is 1.05. The number of nitrogens with one attached hydrogen (secondary N) is 2. The summed E-state index contributed by atoms with van der Waals surface area (Å²) < 4.78 is 33.1. The highest BCUT2D eigenvalue weighted by molar-refractivity contribution is 8.00. The molecule has 2 atom stereocenters.